The highest BCUT2D eigenvalue weighted by molar-refractivity contribution is 6.28. The van der Waals surface area contributed by atoms with Crippen LogP contribution in [0, 0.1) is 6.92 Å². The summed E-state index contributed by atoms with van der Waals surface area (Å²) in [5.74, 6) is 0.716. The predicted molar refractivity (Wildman–Crippen MR) is 80.2 cm³/mol. The van der Waals surface area contributed by atoms with Crippen molar-refractivity contribution in [3.63, 3.8) is 0 Å². The molecule has 4 heteroatoms. The molecular weight excluding hydrogens is 258 g/mol. The maximum absolute atomic E-state index is 5.99. The molecule has 0 unspecified atom stereocenters. The molecule has 0 fully saturated rings. The minimum absolute atomic E-state index is 0.0592. The molecule has 0 saturated heterocycles. The van der Waals surface area contributed by atoms with Crippen LogP contribution in [0.5, 0.6) is 0 Å². The van der Waals surface area contributed by atoms with Gasteiger partial charge in [-0.3, -0.25) is 0 Å². The van der Waals surface area contributed by atoms with Gasteiger partial charge in [-0.1, -0.05) is 38.5 Å². The normalized spacial score (nSPS) is 11.4. The highest BCUT2D eigenvalue weighted by Crippen LogP contribution is 2.25. The molecule has 0 saturated carbocycles. The third-order valence-corrected chi connectivity index (χ3v) is 2.96. The zero-order valence-electron chi connectivity index (χ0n) is 11.7. The van der Waals surface area contributed by atoms with Gasteiger partial charge in [0.1, 0.15) is 5.82 Å². The van der Waals surface area contributed by atoms with E-state index in [2.05, 4.69) is 55.1 Å². The monoisotopic (exact) mass is 275 g/mol. The number of hydrogen-bond acceptors (Lipinski definition) is 3. The number of nitrogens with zero attached hydrogens (tertiary/aromatic N) is 2. The SMILES string of the molecule is Cc1ccc(Nc2cc(C(C)(C)C)nc(Cl)n2)cc1. The Morgan fingerprint density at radius 1 is 1.05 bits per heavy atom. The van der Waals surface area contributed by atoms with E-state index in [0.717, 1.165) is 11.4 Å². The topological polar surface area (TPSA) is 37.8 Å². The molecule has 0 amide bonds. The second-order valence-electron chi connectivity index (χ2n) is 5.65. The number of hydrogen-bond donors (Lipinski definition) is 1. The minimum atomic E-state index is -0.0592. The van der Waals surface area contributed by atoms with Crippen LogP contribution in [0.2, 0.25) is 5.28 Å². The number of nitrogens with one attached hydrogen (secondary N) is 1. The molecule has 0 bridgehead atoms. The second-order valence-corrected chi connectivity index (χ2v) is 5.99. The van der Waals surface area contributed by atoms with Crippen molar-refractivity contribution in [3.05, 3.63) is 46.9 Å². The maximum Gasteiger partial charge on any atom is 0.224 e. The zero-order valence-corrected chi connectivity index (χ0v) is 12.4. The van der Waals surface area contributed by atoms with E-state index in [0.29, 0.717) is 5.82 Å². The van der Waals surface area contributed by atoms with Gasteiger partial charge in [0.15, 0.2) is 0 Å². The zero-order chi connectivity index (χ0) is 14.0. The number of rotatable bonds is 2. The first-order chi connectivity index (χ1) is 8.84. The van der Waals surface area contributed by atoms with Crippen LogP contribution in [0.15, 0.2) is 30.3 Å². The summed E-state index contributed by atoms with van der Waals surface area (Å²) in [6.45, 7) is 8.35. The smallest absolute Gasteiger partial charge is 0.224 e. The van der Waals surface area contributed by atoms with E-state index in [1.807, 2.05) is 18.2 Å². The molecule has 1 aromatic carbocycles. The number of aryl methyl sites for hydroxylation is 1. The summed E-state index contributed by atoms with van der Waals surface area (Å²) >= 11 is 5.99. The molecule has 100 valence electrons. The summed E-state index contributed by atoms with van der Waals surface area (Å²) in [6.07, 6.45) is 0. The van der Waals surface area contributed by atoms with E-state index < -0.39 is 0 Å². The molecule has 2 rings (SSSR count). The molecule has 0 aliphatic heterocycles. The maximum atomic E-state index is 5.99. The van der Waals surface area contributed by atoms with Gasteiger partial charge in [0.2, 0.25) is 5.28 Å². The molecule has 0 spiro atoms. The Morgan fingerprint density at radius 2 is 1.68 bits per heavy atom. The van der Waals surface area contributed by atoms with Crippen molar-refractivity contribution in [1.29, 1.82) is 0 Å². The third kappa shape index (κ3) is 3.67. The molecule has 0 radical (unpaired) electrons. The fraction of sp³-hybridized carbons (Fsp3) is 0.333. The van der Waals surface area contributed by atoms with E-state index >= 15 is 0 Å². The molecule has 0 aliphatic rings. The first-order valence-electron chi connectivity index (χ1n) is 6.23. The van der Waals surface area contributed by atoms with E-state index in [4.69, 9.17) is 11.6 Å². The van der Waals surface area contributed by atoms with Crippen LogP contribution in [0.4, 0.5) is 11.5 Å². The van der Waals surface area contributed by atoms with Crippen LogP contribution in [0.25, 0.3) is 0 Å². The van der Waals surface area contributed by atoms with Crippen LogP contribution in [-0.4, -0.2) is 9.97 Å². The first-order valence-corrected chi connectivity index (χ1v) is 6.61. The molecule has 19 heavy (non-hydrogen) atoms. The Balaban J connectivity index is 2.30. The number of benzene rings is 1. The lowest BCUT2D eigenvalue weighted by Crippen LogP contribution is -2.14. The molecule has 2 aromatic rings. The summed E-state index contributed by atoms with van der Waals surface area (Å²) in [7, 11) is 0. The Morgan fingerprint density at radius 3 is 2.26 bits per heavy atom. The van der Waals surface area contributed by atoms with E-state index in [1.165, 1.54) is 5.56 Å². The summed E-state index contributed by atoms with van der Waals surface area (Å²) < 4.78 is 0. The van der Waals surface area contributed by atoms with Crippen molar-refractivity contribution in [3.8, 4) is 0 Å². The van der Waals surface area contributed by atoms with Crippen LogP contribution in [0.3, 0.4) is 0 Å². The molecule has 1 aromatic heterocycles. The second kappa shape index (κ2) is 5.17. The summed E-state index contributed by atoms with van der Waals surface area (Å²) in [5.41, 5.74) is 3.07. The van der Waals surface area contributed by atoms with Gasteiger partial charge in [0.25, 0.3) is 0 Å². The van der Waals surface area contributed by atoms with Crippen LogP contribution in [-0.2, 0) is 5.41 Å². The third-order valence-electron chi connectivity index (χ3n) is 2.79. The molecule has 0 aliphatic carbocycles. The lowest BCUT2D eigenvalue weighted by Gasteiger charge is -2.18. The van der Waals surface area contributed by atoms with Gasteiger partial charge in [0, 0.05) is 17.2 Å². The Bertz CT molecular complexity index is 571. The van der Waals surface area contributed by atoms with Gasteiger partial charge in [0.05, 0.1) is 5.69 Å². The molecule has 1 N–H and O–H groups in total. The fourth-order valence-electron chi connectivity index (χ4n) is 1.65. The van der Waals surface area contributed by atoms with Crippen molar-refractivity contribution in [1.82, 2.24) is 9.97 Å². The van der Waals surface area contributed by atoms with Gasteiger partial charge < -0.3 is 5.32 Å². The highest BCUT2D eigenvalue weighted by atomic mass is 35.5. The van der Waals surface area contributed by atoms with Gasteiger partial charge in [-0.05, 0) is 30.7 Å². The van der Waals surface area contributed by atoms with Crippen molar-refractivity contribution in [2.45, 2.75) is 33.1 Å². The lowest BCUT2D eigenvalue weighted by atomic mass is 9.92. The average Bonchev–Trinajstić information content (AvgIpc) is 2.30. The van der Waals surface area contributed by atoms with Crippen molar-refractivity contribution >= 4 is 23.1 Å². The predicted octanol–water partition coefficient (Wildman–Crippen LogP) is 4.48. The quantitative estimate of drug-likeness (QED) is 0.821. The van der Waals surface area contributed by atoms with Gasteiger partial charge >= 0.3 is 0 Å². The van der Waals surface area contributed by atoms with Gasteiger partial charge in [-0.2, -0.15) is 0 Å². The van der Waals surface area contributed by atoms with Gasteiger partial charge in [-0.25, -0.2) is 9.97 Å². The van der Waals surface area contributed by atoms with Crippen molar-refractivity contribution in [2.75, 3.05) is 5.32 Å². The van der Waals surface area contributed by atoms with E-state index in [1.54, 1.807) is 0 Å². The first kappa shape index (κ1) is 13.8. The van der Waals surface area contributed by atoms with Crippen LogP contribution in [0.1, 0.15) is 32.0 Å². The summed E-state index contributed by atoms with van der Waals surface area (Å²) in [6, 6.07) is 10.1. The Kier molecular flexibility index (Phi) is 3.76. The Labute approximate surface area is 119 Å². The number of anilines is 2. The lowest BCUT2D eigenvalue weighted by molar-refractivity contribution is 0.567. The minimum Gasteiger partial charge on any atom is -0.340 e. The molecule has 1 heterocycles. The van der Waals surface area contributed by atoms with Gasteiger partial charge in [-0.15, -0.1) is 0 Å². The number of halogens is 1. The summed E-state index contributed by atoms with van der Waals surface area (Å²) in [4.78, 5) is 8.48. The van der Waals surface area contributed by atoms with Crippen molar-refractivity contribution in [2.24, 2.45) is 0 Å². The van der Waals surface area contributed by atoms with E-state index in [-0.39, 0.29) is 10.7 Å². The molecule has 3 nitrogen and oxygen atoms in total. The largest absolute Gasteiger partial charge is 0.340 e. The van der Waals surface area contributed by atoms with Crippen LogP contribution >= 0.6 is 11.6 Å². The van der Waals surface area contributed by atoms with Crippen LogP contribution < -0.4 is 5.32 Å². The van der Waals surface area contributed by atoms with Crippen molar-refractivity contribution < 1.29 is 0 Å². The number of aromatic nitrogens is 2. The standard InChI is InChI=1S/C15H18ClN3/c1-10-5-7-11(8-6-10)17-13-9-12(15(2,3)4)18-14(16)19-13/h5-9H,1-4H3,(H,17,18,19). The van der Waals surface area contributed by atoms with E-state index in [9.17, 15) is 0 Å². The molecular formula is C15H18ClN3. The highest BCUT2D eigenvalue weighted by Gasteiger charge is 2.17. The summed E-state index contributed by atoms with van der Waals surface area (Å²) in [5, 5.41) is 3.51. The average molecular weight is 276 g/mol. The Hall–Kier alpha value is -1.61. The fourth-order valence-corrected chi connectivity index (χ4v) is 1.83. The molecule has 0 atom stereocenters.